The van der Waals surface area contributed by atoms with Crippen LogP contribution in [-0.2, 0) is 5.41 Å². The Bertz CT molecular complexity index is 3500. The van der Waals surface area contributed by atoms with E-state index in [-0.39, 0.29) is 5.41 Å². The molecule has 0 saturated carbocycles. The molecule has 0 radical (unpaired) electrons. The first kappa shape index (κ1) is 32.8. The second-order valence-corrected chi connectivity index (χ2v) is 15.9. The van der Waals surface area contributed by atoms with Crippen LogP contribution in [-0.4, -0.2) is 15.0 Å². The van der Waals surface area contributed by atoms with Crippen LogP contribution >= 0.6 is 0 Å². The minimum Gasteiger partial charge on any atom is -0.456 e. The van der Waals surface area contributed by atoms with E-state index < -0.39 is 0 Å². The van der Waals surface area contributed by atoms with Crippen molar-refractivity contribution in [3.05, 3.63) is 187 Å². The monoisotopic (exact) mass is 741 g/mol. The van der Waals surface area contributed by atoms with Gasteiger partial charge in [-0.05, 0) is 96.0 Å². The van der Waals surface area contributed by atoms with E-state index in [9.17, 15) is 0 Å². The zero-order chi connectivity index (χ0) is 38.5. The van der Waals surface area contributed by atoms with E-state index in [2.05, 4.69) is 190 Å². The number of aromatic nitrogens is 3. The molecule has 2 aromatic heterocycles. The zero-order valence-corrected chi connectivity index (χ0v) is 32.0. The fraction of sp³-hybridized carbons (Fsp3) is 0.0556. The molecule has 0 aliphatic heterocycles. The van der Waals surface area contributed by atoms with Crippen LogP contribution in [0.1, 0.15) is 25.0 Å². The first-order chi connectivity index (χ1) is 28.5. The smallest absolute Gasteiger partial charge is 0.164 e. The van der Waals surface area contributed by atoms with Gasteiger partial charge in [0.1, 0.15) is 11.2 Å². The number of nitrogens with zero attached hydrogens (tertiary/aromatic N) is 3. The van der Waals surface area contributed by atoms with Crippen LogP contribution in [0.4, 0.5) is 0 Å². The van der Waals surface area contributed by atoms with Gasteiger partial charge in [-0.15, -0.1) is 0 Å². The summed E-state index contributed by atoms with van der Waals surface area (Å²) in [6, 6.07) is 62.5. The third-order valence-corrected chi connectivity index (χ3v) is 12.3. The Kier molecular flexibility index (Phi) is 6.94. The van der Waals surface area contributed by atoms with Crippen molar-refractivity contribution in [3.8, 4) is 56.4 Å². The second kappa shape index (κ2) is 12.3. The summed E-state index contributed by atoms with van der Waals surface area (Å²) in [7, 11) is 0. The summed E-state index contributed by atoms with van der Waals surface area (Å²) in [5.41, 5.74) is 11.9. The largest absolute Gasteiger partial charge is 0.456 e. The molecule has 11 aromatic rings. The minimum atomic E-state index is -0.154. The molecule has 0 amide bonds. The standard InChI is InChI=1S/C54H35N3O/c1-54(2)46-23-10-9-20-40(46)41-26-25-35(30-47(41)54)51-55-52(43-22-11-16-32-13-5-6-17-36(32)43)57-53(56-51)44-28-27-39(37-18-7-8-19-38(37)44)42-21-12-24-48-50(42)45-29-33-14-3-4-15-34(33)31-49(45)58-48/h3-31H,1-2H3. The molecule has 4 heteroatoms. The highest BCUT2D eigenvalue weighted by molar-refractivity contribution is 6.18. The van der Waals surface area contributed by atoms with Crippen molar-refractivity contribution in [3.63, 3.8) is 0 Å². The molecule has 9 aromatic carbocycles. The predicted octanol–water partition coefficient (Wildman–Crippen LogP) is 14.2. The number of benzene rings is 9. The van der Waals surface area contributed by atoms with Crippen molar-refractivity contribution in [2.45, 2.75) is 19.3 Å². The number of fused-ring (bicyclic) bond motifs is 9. The molecule has 272 valence electrons. The Balaban J connectivity index is 1.08. The van der Waals surface area contributed by atoms with Crippen LogP contribution in [0.5, 0.6) is 0 Å². The maximum Gasteiger partial charge on any atom is 0.164 e. The summed E-state index contributed by atoms with van der Waals surface area (Å²) in [5, 5.41) is 9.02. The summed E-state index contributed by atoms with van der Waals surface area (Å²) in [4.78, 5) is 15.9. The van der Waals surface area contributed by atoms with Gasteiger partial charge in [0.25, 0.3) is 0 Å². The first-order valence-electron chi connectivity index (χ1n) is 19.9. The van der Waals surface area contributed by atoms with Crippen LogP contribution < -0.4 is 0 Å². The van der Waals surface area contributed by atoms with Crippen molar-refractivity contribution >= 4 is 54.3 Å². The maximum atomic E-state index is 6.50. The SMILES string of the molecule is CC1(C)c2ccccc2-c2ccc(-c3nc(-c4cccc5ccccc45)nc(-c4ccc(-c5cccc6oc7cc8ccccc8cc7c56)c5ccccc45)n3)cc21. The van der Waals surface area contributed by atoms with Crippen molar-refractivity contribution in [2.24, 2.45) is 0 Å². The quantitative estimate of drug-likeness (QED) is 0.180. The molecule has 0 unspecified atom stereocenters. The van der Waals surface area contributed by atoms with Gasteiger partial charge in [-0.2, -0.15) is 0 Å². The van der Waals surface area contributed by atoms with E-state index in [4.69, 9.17) is 19.4 Å². The van der Waals surface area contributed by atoms with Gasteiger partial charge in [-0.3, -0.25) is 0 Å². The van der Waals surface area contributed by atoms with Gasteiger partial charge in [-0.25, -0.2) is 15.0 Å². The van der Waals surface area contributed by atoms with E-state index >= 15 is 0 Å². The van der Waals surface area contributed by atoms with Crippen LogP contribution in [0.3, 0.4) is 0 Å². The van der Waals surface area contributed by atoms with Gasteiger partial charge in [-0.1, -0.05) is 159 Å². The molecule has 4 nitrogen and oxygen atoms in total. The molecule has 2 heterocycles. The van der Waals surface area contributed by atoms with Crippen LogP contribution in [0, 0.1) is 0 Å². The average molecular weight is 742 g/mol. The average Bonchev–Trinajstić information content (AvgIpc) is 3.75. The van der Waals surface area contributed by atoms with E-state index in [1.807, 2.05) is 0 Å². The summed E-state index contributed by atoms with van der Waals surface area (Å²) in [5.74, 6) is 1.93. The van der Waals surface area contributed by atoms with Crippen molar-refractivity contribution in [1.82, 2.24) is 15.0 Å². The van der Waals surface area contributed by atoms with Gasteiger partial charge in [0.05, 0.1) is 0 Å². The fourth-order valence-corrected chi connectivity index (χ4v) is 9.47. The lowest BCUT2D eigenvalue weighted by Crippen LogP contribution is -2.15. The summed E-state index contributed by atoms with van der Waals surface area (Å²) in [6.07, 6.45) is 0. The van der Waals surface area contributed by atoms with Crippen LogP contribution in [0.15, 0.2) is 180 Å². The Morgan fingerprint density at radius 1 is 0.362 bits per heavy atom. The highest BCUT2D eigenvalue weighted by Crippen LogP contribution is 2.50. The van der Waals surface area contributed by atoms with Crippen molar-refractivity contribution in [2.75, 3.05) is 0 Å². The molecule has 0 bridgehead atoms. The summed E-state index contributed by atoms with van der Waals surface area (Å²) in [6.45, 7) is 4.62. The lowest BCUT2D eigenvalue weighted by atomic mass is 9.82. The maximum absolute atomic E-state index is 6.50. The second-order valence-electron chi connectivity index (χ2n) is 15.9. The number of furan rings is 1. The number of hydrogen-bond acceptors (Lipinski definition) is 4. The highest BCUT2D eigenvalue weighted by Gasteiger charge is 2.35. The van der Waals surface area contributed by atoms with Gasteiger partial charge < -0.3 is 4.42 Å². The molecule has 0 atom stereocenters. The van der Waals surface area contributed by atoms with E-state index in [1.54, 1.807) is 0 Å². The summed E-state index contributed by atoms with van der Waals surface area (Å²) >= 11 is 0. The molecular weight excluding hydrogens is 707 g/mol. The molecule has 0 N–H and O–H groups in total. The van der Waals surface area contributed by atoms with Crippen LogP contribution in [0.2, 0.25) is 0 Å². The molecule has 1 aliphatic carbocycles. The number of rotatable bonds is 4. The first-order valence-corrected chi connectivity index (χ1v) is 19.9. The van der Waals surface area contributed by atoms with Gasteiger partial charge >= 0.3 is 0 Å². The Hall–Kier alpha value is -7.43. The lowest BCUT2D eigenvalue weighted by molar-refractivity contribution is 0.660. The van der Waals surface area contributed by atoms with Gasteiger partial charge in [0.2, 0.25) is 0 Å². The zero-order valence-electron chi connectivity index (χ0n) is 32.0. The van der Waals surface area contributed by atoms with Gasteiger partial charge in [0.15, 0.2) is 17.5 Å². The third kappa shape index (κ3) is 4.85. The Morgan fingerprint density at radius 3 is 1.74 bits per heavy atom. The Labute approximate surface area is 335 Å². The summed E-state index contributed by atoms with van der Waals surface area (Å²) < 4.78 is 6.50. The molecular formula is C54H35N3O. The molecule has 0 fully saturated rings. The Morgan fingerprint density at radius 2 is 0.914 bits per heavy atom. The van der Waals surface area contributed by atoms with E-state index in [1.165, 1.54) is 33.0 Å². The highest BCUT2D eigenvalue weighted by atomic mass is 16.3. The lowest BCUT2D eigenvalue weighted by Gasteiger charge is -2.21. The van der Waals surface area contributed by atoms with Crippen molar-refractivity contribution < 1.29 is 4.42 Å². The van der Waals surface area contributed by atoms with Crippen molar-refractivity contribution in [1.29, 1.82) is 0 Å². The molecule has 12 rings (SSSR count). The van der Waals surface area contributed by atoms with E-state index in [0.29, 0.717) is 17.5 Å². The predicted molar refractivity (Wildman–Crippen MR) is 239 cm³/mol. The normalized spacial score (nSPS) is 13.1. The minimum absolute atomic E-state index is 0.154. The van der Waals surface area contributed by atoms with Crippen LogP contribution in [0.25, 0.3) is 111 Å². The molecule has 1 aliphatic rings. The molecule has 58 heavy (non-hydrogen) atoms. The molecule has 0 spiro atoms. The fourth-order valence-electron chi connectivity index (χ4n) is 9.47. The number of hydrogen-bond donors (Lipinski definition) is 0. The van der Waals surface area contributed by atoms with Gasteiger partial charge in [0, 0.05) is 32.9 Å². The van der Waals surface area contributed by atoms with E-state index in [0.717, 1.165) is 71.3 Å². The topological polar surface area (TPSA) is 51.8 Å². The third-order valence-electron chi connectivity index (χ3n) is 12.3. The molecule has 0 saturated heterocycles.